The average molecular weight is 480 g/mol. The molecule has 186 valence electrons. The van der Waals surface area contributed by atoms with Crippen molar-refractivity contribution < 1.29 is 19.1 Å². The van der Waals surface area contributed by atoms with Gasteiger partial charge in [-0.3, -0.25) is 19.1 Å². The predicted octanol–water partition coefficient (Wildman–Crippen LogP) is 1.69. The molecule has 1 aromatic carbocycles. The Balaban J connectivity index is 1.27. The lowest BCUT2D eigenvalue weighted by Gasteiger charge is -2.32. The molecule has 9 heteroatoms. The minimum Gasteiger partial charge on any atom is -0.497 e. The highest BCUT2D eigenvalue weighted by Crippen LogP contribution is 2.27. The topological polar surface area (TPSA) is 96.8 Å². The molecule has 35 heavy (non-hydrogen) atoms. The molecular formula is C26H33N5O4. The number of hydrogen-bond donors (Lipinski definition) is 1. The van der Waals surface area contributed by atoms with Crippen LogP contribution in [0.15, 0.2) is 24.3 Å². The average Bonchev–Trinajstić information content (AvgIpc) is 3.64. The molecule has 1 saturated carbocycles. The number of aromatic nitrogens is 2. The number of likely N-dealkylation sites (tertiary alicyclic amines) is 1. The molecule has 1 saturated heterocycles. The van der Waals surface area contributed by atoms with Crippen LogP contribution in [0.25, 0.3) is 0 Å². The zero-order valence-electron chi connectivity index (χ0n) is 20.5. The highest BCUT2D eigenvalue weighted by atomic mass is 16.5. The molecule has 3 amide bonds. The van der Waals surface area contributed by atoms with Crippen LogP contribution >= 0.6 is 0 Å². The summed E-state index contributed by atoms with van der Waals surface area (Å²) in [5.74, 6) is 0.527. The van der Waals surface area contributed by atoms with Gasteiger partial charge in [-0.2, -0.15) is 5.10 Å². The van der Waals surface area contributed by atoms with E-state index in [1.807, 2.05) is 36.2 Å². The molecule has 1 atom stereocenters. The highest BCUT2D eigenvalue weighted by molar-refractivity contribution is 5.95. The van der Waals surface area contributed by atoms with E-state index in [2.05, 4.69) is 10.4 Å². The van der Waals surface area contributed by atoms with Gasteiger partial charge in [0, 0.05) is 56.9 Å². The van der Waals surface area contributed by atoms with Crippen LogP contribution in [0.2, 0.25) is 0 Å². The smallest absolute Gasteiger partial charge is 0.274 e. The zero-order chi connectivity index (χ0) is 24.5. The number of benzene rings is 1. The first kappa shape index (κ1) is 23.4. The van der Waals surface area contributed by atoms with E-state index in [-0.39, 0.29) is 23.6 Å². The van der Waals surface area contributed by atoms with Gasteiger partial charge in [-0.1, -0.05) is 12.1 Å². The second-order valence-corrected chi connectivity index (χ2v) is 9.86. The van der Waals surface area contributed by atoms with Gasteiger partial charge in [0.2, 0.25) is 11.8 Å². The maximum absolute atomic E-state index is 13.5. The number of nitrogens with zero attached hydrogens (tertiary/aromatic N) is 4. The normalized spacial score (nSPS) is 19.8. The number of methoxy groups -OCH3 is 1. The SMILES string of the molecule is COc1ccc(CC(=O)N2CCc3c(c(C(=O)N4CCC[C@@H](C(=O)NC5CC5)C4)nn3C)C2)cc1. The highest BCUT2D eigenvalue weighted by Gasteiger charge is 2.35. The van der Waals surface area contributed by atoms with Gasteiger partial charge in [0.15, 0.2) is 5.69 Å². The first-order valence-corrected chi connectivity index (χ1v) is 12.5. The number of hydrogen-bond acceptors (Lipinski definition) is 5. The van der Waals surface area contributed by atoms with Gasteiger partial charge < -0.3 is 19.9 Å². The number of fused-ring (bicyclic) bond motifs is 1. The monoisotopic (exact) mass is 479 g/mol. The lowest BCUT2D eigenvalue weighted by atomic mass is 9.96. The Bertz CT molecular complexity index is 1120. The molecule has 9 nitrogen and oxygen atoms in total. The Hall–Kier alpha value is -3.36. The number of carbonyl (C=O) groups is 3. The van der Waals surface area contributed by atoms with Crippen molar-refractivity contribution in [1.29, 1.82) is 0 Å². The fraction of sp³-hybridized carbons (Fsp3) is 0.538. The standard InChI is InChI=1S/C26H33N5O4/c1-29-22-11-13-30(23(32)14-17-5-9-20(35-2)10-6-17)16-21(22)24(28-29)26(34)31-12-3-4-18(15-31)25(33)27-19-7-8-19/h5-6,9-10,18-19H,3-4,7-8,11-16H2,1-2H3,(H,27,33)/t18-/m1/s1. The molecule has 2 fully saturated rings. The van der Waals surface area contributed by atoms with Crippen molar-refractivity contribution in [3.63, 3.8) is 0 Å². The number of carbonyl (C=O) groups excluding carboxylic acids is 3. The minimum atomic E-state index is -0.171. The van der Waals surface area contributed by atoms with Crippen molar-refractivity contribution >= 4 is 17.7 Å². The summed E-state index contributed by atoms with van der Waals surface area (Å²) >= 11 is 0. The number of ether oxygens (including phenoxy) is 1. The van der Waals surface area contributed by atoms with E-state index in [9.17, 15) is 14.4 Å². The molecule has 5 rings (SSSR count). The first-order valence-electron chi connectivity index (χ1n) is 12.5. The maximum Gasteiger partial charge on any atom is 0.274 e. The molecule has 0 bridgehead atoms. The third kappa shape index (κ3) is 5.04. The van der Waals surface area contributed by atoms with Crippen molar-refractivity contribution in [3.8, 4) is 5.75 Å². The number of nitrogens with one attached hydrogen (secondary N) is 1. The van der Waals surface area contributed by atoms with E-state index >= 15 is 0 Å². The molecule has 2 aliphatic heterocycles. The molecular weight excluding hydrogens is 446 g/mol. The summed E-state index contributed by atoms with van der Waals surface area (Å²) in [5, 5.41) is 7.64. The lowest BCUT2D eigenvalue weighted by Crippen LogP contribution is -2.46. The molecule has 2 aromatic rings. The third-order valence-electron chi connectivity index (χ3n) is 7.32. The minimum absolute atomic E-state index is 0.0258. The van der Waals surface area contributed by atoms with E-state index in [1.165, 1.54) is 0 Å². The summed E-state index contributed by atoms with van der Waals surface area (Å²) < 4.78 is 6.97. The van der Waals surface area contributed by atoms with Crippen LogP contribution in [0.4, 0.5) is 0 Å². The number of rotatable bonds is 6. The molecule has 1 N–H and O–H groups in total. The van der Waals surface area contributed by atoms with E-state index < -0.39 is 0 Å². The van der Waals surface area contributed by atoms with E-state index in [4.69, 9.17) is 4.74 Å². The second kappa shape index (κ2) is 9.71. The predicted molar refractivity (Wildman–Crippen MR) is 129 cm³/mol. The van der Waals surface area contributed by atoms with Crippen molar-refractivity contribution in [3.05, 3.63) is 46.8 Å². The fourth-order valence-corrected chi connectivity index (χ4v) is 5.08. The van der Waals surface area contributed by atoms with E-state index in [0.717, 1.165) is 48.3 Å². The van der Waals surface area contributed by atoms with Crippen LogP contribution < -0.4 is 10.1 Å². The summed E-state index contributed by atoms with van der Waals surface area (Å²) in [7, 11) is 3.47. The summed E-state index contributed by atoms with van der Waals surface area (Å²) in [5.41, 5.74) is 3.17. The summed E-state index contributed by atoms with van der Waals surface area (Å²) in [4.78, 5) is 42.7. The Kier molecular flexibility index (Phi) is 6.49. The van der Waals surface area contributed by atoms with Crippen molar-refractivity contribution in [2.24, 2.45) is 13.0 Å². The van der Waals surface area contributed by atoms with Gasteiger partial charge in [0.1, 0.15) is 5.75 Å². The quantitative estimate of drug-likeness (QED) is 0.680. The molecule has 1 aromatic heterocycles. The van der Waals surface area contributed by atoms with Gasteiger partial charge in [-0.15, -0.1) is 0 Å². The van der Waals surface area contributed by atoms with Crippen molar-refractivity contribution in [2.45, 2.75) is 51.1 Å². The Morgan fingerprint density at radius 2 is 1.86 bits per heavy atom. The van der Waals surface area contributed by atoms with Crippen molar-refractivity contribution in [1.82, 2.24) is 24.9 Å². The summed E-state index contributed by atoms with van der Waals surface area (Å²) in [6, 6.07) is 7.82. The van der Waals surface area contributed by atoms with Crippen LogP contribution in [0, 0.1) is 5.92 Å². The van der Waals surface area contributed by atoms with Crippen LogP contribution in [-0.2, 0) is 36.0 Å². The van der Waals surface area contributed by atoms with Gasteiger partial charge in [0.25, 0.3) is 5.91 Å². The Morgan fingerprint density at radius 1 is 1.09 bits per heavy atom. The molecule has 0 unspecified atom stereocenters. The molecule has 3 heterocycles. The molecule has 3 aliphatic rings. The number of piperidine rings is 1. The summed E-state index contributed by atoms with van der Waals surface area (Å²) in [6.45, 7) is 2.02. The molecule has 0 radical (unpaired) electrons. The van der Waals surface area contributed by atoms with Gasteiger partial charge in [-0.25, -0.2) is 0 Å². The van der Waals surface area contributed by atoms with Gasteiger partial charge in [-0.05, 0) is 43.4 Å². The van der Waals surface area contributed by atoms with Crippen LogP contribution in [0.5, 0.6) is 5.75 Å². The number of aryl methyl sites for hydroxylation is 1. The Morgan fingerprint density at radius 3 is 2.57 bits per heavy atom. The van der Waals surface area contributed by atoms with E-state index in [0.29, 0.717) is 50.8 Å². The Labute approximate surface area is 205 Å². The van der Waals surface area contributed by atoms with Gasteiger partial charge in [0.05, 0.1) is 19.4 Å². The zero-order valence-corrected chi connectivity index (χ0v) is 20.5. The van der Waals surface area contributed by atoms with Crippen molar-refractivity contribution in [2.75, 3.05) is 26.7 Å². The fourth-order valence-electron chi connectivity index (χ4n) is 5.08. The lowest BCUT2D eigenvalue weighted by molar-refractivity contribution is -0.131. The maximum atomic E-state index is 13.5. The first-order chi connectivity index (χ1) is 16.9. The van der Waals surface area contributed by atoms with E-state index in [1.54, 1.807) is 16.7 Å². The van der Waals surface area contributed by atoms with Crippen LogP contribution in [0.3, 0.4) is 0 Å². The largest absolute Gasteiger partial charge is 0.497 e. The van der Waals surface area contributed by atoms with Crippen LogP contribution in [0.1, 0.15) is 53.0 Å². The second-order valence-electron chi connectivity index (χ2n) is 9.86. The number of amides is 3. The molecule has 1 aliphatic carbocycles. The van der Waals surface area contributed by atoms with Gasteiger partial charge >= 0.3 is 0 Å². The summed E-state index contributed by atoms with van der Waals surface area (Å²) in [6.07, 6.45) is 4.66. The third-order valence-corrected chi connectivity index (χ3v) is 7.32. The molecule has 0 spiro atoms. The van der Waals surface area contributed by atoms with Crippen LogP contribution in [-0.4, -0.2) is 70.1 Å².